The molecule has 0 aliphatic carbocycles. The Hall–Kier alpha value is -6.96. The highest BCUT2D eigenvalue weighted by Crippen LogP contribution is 2.34. The average molecular weight is 961 g/mol. The highest BCUT2D eigenvalue weighted by Gasteiger charge is 2.35. The summed E-state index contributed by atoms with van der Waals surface area (Å²) in [5.41, 5.74) is 2.55. The molecule has 0 saturated carbocycles. The number of nitrogens with zero attached hydrogens (tertiary/aromatic N) is 2. The Morgan fingerprint density at radius 2 is 0.871 bits per heavy atom. The van der Waals surface area contributed by atoms with Crippen molar-refractivity contribution in [1.82, 2.24) is 20.4 Å². The minimum absolute atomic E-state index is 0.113. The van der Waals surface area contributed by atoms with Crippen molar-refractivity contribution in [2.75, 3.05) is 42.5 Å². The Bertz CT molecular complexity index is 2300. The molecule has 70 heavy (non-hydrogen) atoms. The van der Waals surface area contributed by atoms with Gasteiger partial charge in [0.2, 0.25) is 11.8 Å². The molecular weight excluding hydrogens is 889 g/mol. The largest absolute Gasteiger partial charge is 0.497 e. The fourth-order valence-electron chi connectivity index (χ4n) is 8.80. The third-order valence-corrected chi connectivity index (χ3v) is 12.4. The number of hydrogen-bond donors (Lipinski definition) is 2. The maximum absolute atomic E-state index is 13.6. The monoisotopic (exact) mass is 961 g/mol. The van der Waals surface area contributed by atoms with E-state index in [2.05, 4.69) is 10.6 Å². The van der Waals surface area contributed by atoms with Crippen LogP contribution in [-0.4, -0.2) is 100 Å². The molecule has 4 amide bonds. The van der Waals surface area contributed by atoms with Crippen molar-refractivity contribution in [3.63, 3.8) is 0 Å². The molecule has 6 atom stereocenters. The van der Waals surface area contributed by atoms with E-state index in [0.29, 0.717) is 71.3 Å². The van der Waals surface area contributed by atoms with Gasteiger partial charge in [-0.15, -0.1) is 0 Å². The summed E-state index contributed by atoms with van der Waals surface area (Å²) in [6.07, 6.45) is 10.4. The number of carbonyl (C=O) groups is 4. The molecule has 14 nitrogen and oxygen atoms in total. The average Bonchev–Trinajstić information content (AvgIpc) is 3.34. The number of para-hydroxylation sites is 2. The Labute approximate surface area is 414 Å². The maximum Gasteiger partial charge on any atom is 0.258 e. The van der Waals surface area contributed by atoms with Crippen LogP contribution in [0.15, 0.2) is 109 Å². The SMILES string of the molecule is COc1ccc([C@@H]2C/C=C/C[C@H](C)Oc3ccccc3C(=O)N(C)[C@@H](C(C)C)C(=O)N2)c(OC)c1.COc1ccc([C@@H]2C/C=C\C[C@H](C)Oc3ccccc3C(=O)N(C)[C@@H](C(C)C)C(=O)N2)c(OC)c1. The van der Waals surface area contributed by atoms with Crippen LogP contribution in [0.25, 0.3) is 0 Å². The van der Waals surface area contributed by atoms with E-state index < -0.39 is 12.1 Å². The van der Waals surface area contributed by atoms with Crippen LogP contribution in [0.3, 0.4) is 0 Å². The van der Waals surface area contributed by atoms with Gasteiger partial charge in [-0.3, -0.25) is 19.2 Å². The third-order valence-electron chi connectivity index (χ3n) is 12.4. The second-order valence-electron chi connectivity index (χ2n) is 18.3. The smallest absolute Gasteiger partial charge is 0.258 e. The van der Waals surface area contributed by atoms with Gasteiger partial charge in [0.1, 0.15) is 46.6 Å². The summed E-state index contributed by atoms with van der Waals surface area (Å²) in [4.78, 5) is 57.3. The van der Waals surface area contributed by atoms with Crippen LogP contribution in [0.2, 0.25) is 0 Å². The maximum atomic E-state index is 13.6. The van der Waals surface area contributed by atoms with Gasteiger partial charge in [0.25, 0.3) is 11.8 Å². The van der Waals surface area contributed by atoms with Crippen molar-refractivity contribution >= 4 is 23.6 Å². The first kappa shape index (κ1) is 54.0. The highest BCUT2D eigenvalue weighted by molar-refractivity contribution is 6.00. The summed E-state index contributed by atoms with van der Waals surface area (Å²) in [6.45, 7) is 11.7. The van der Waals surface area contributed by atoms with Gasteiger partial charge in [0, 0.05) is 50.2 Å². The zero-order valence-electron chi connectivity index (χ0n) is 42.8. The molecule has 14 heteroatoms. The summed E-state index contributed by atoms with van der Waals surface area (Å²) >= 11 is 0. The van der Waals surface area contributed by atoms with Crippen LogP contribution in [0.5, 0.6) is 34.5 Å². The Kier molecular flexibility index (Phi) is 19.7. The summed E-state index contributed by atoms with van der Waals surface area (Å²) < 4.78 is 34.1. The van der Waals surface area contributed by atoms with Crippen molar-refractivity contribution in [3.05, 3.63) is 131 Å². The van der Waals surface area contributed by atoms with E-state index in [1.54, 1.807) is 91.1 Å². The number of benzene rings is 4. The molecule has 6 rings (SSSR count). The van der Waals surface area contributed by atoms with Crippen molar-refractivity contribution in [1.29, 1.82) is 0 Å². The number of carbonyl (C=O) groups excluding carboxylic acids is 4. The molecule has 0 spiro atoms. The van der Waals surface area contributed by atoms with Gasteiger partial charge in [-0.25, -0.2) is 0 Å². The number of ether oxygens (including phenoxy) is 6. The number of nitrogens with one attached hydrogen (secondary N) is 2. The van der Waals surface area contributed by atoms with Gasteiger partial charge in [-0.05, 0) is 87.1 Å². The predicted octanol–water partition coefficient (Wildman–Crippen LogP) is 9.55. The molecule has 4 aromatic carbocycles. The standard InChI is InChI=1S/2C28H36N2O5/c2*1-18(2)26-27(31)29-23(21-16-15-20(33-5)17-25(21)34-6)13-9-7-11-19(3)35-24-14-10-8-12-22(24)28(32)30(26)4/h2*7-10,12,14-19,23,26H,11,13H2,1-6H3,(H,29,31)/b9-7+;9-7-/t2*19-,23-,26-/m00/s1. The molecular formula is C56H72N4O10. The lowest BCUT2D eigenvalue weighted by atomic mass is 9.97. The number of methoxy groups -OCH3 is 4. The zero-order valence-corrected chi connectivity index (χ0v) is 42.8. The van der Waals surface area contributed by atoms with Gasteiger partial charge in [0.05, 0.1) is 63.9 Å². The second-order valence-corrected chi connectivity index (χ2v) is 18.3. The minimum Gasteiger partial charge on any atom is -0.497 e. The topological polar surface area (TPSA) is 154 Å². The first-order chi connectivity index (χ1) is 33.5. The van der Waals surface area contributed by atoms with E-state index in [4.69, 9.17) is 28.4 Å². The summed E-state index contributed by atoms with van der Waals surface area (Å²) in [6, 6.07) is 23.4. The van der Waals surface area contributed by atoms with Gasteiger partial charge < -0.3 is 48.9 Å². The molecule has 376 valence electrons. The minimum atomic E-state index is -0.674. The number of fused-ring (bicyclic) bond motifs is 2. The third kappa shape index (κ3) is 13.6. The van der Waals surface area contributed by atoms with Gasteiger partial charge >= 0.3 is 0 Å². The first-order valence-corrected chi connectivity index (χ1v) is 23.9. The summed E-state index contributed by atoms with van der Waals surface area (Å²) in [5.74, 6) is 2.44. The number of likely N-dealkylation sites (N-methyl/N-ethyl adjacent to an activating group) is 2. The molecule has 2 aliphatic rings. The second kappa shape index (κ2) is 25.6. The highest BCUT2D eigenvalue weighted by atomic mass is 16.5. The summed E-state index contributed by atoms with van der Waals surface area (Å²) in [7, 11) is 9.73. The number of amides is 4. The van der Waals surface area contributed by atoms with E-state index in [-0.39, 0.29) is 59.8 Å². The van der Waals surface area contributed by atoms with Crippen LogP contribution in [-0.2, 0) is 9.59 Å². The lowest BCUT2D eigenvalue weighted by molar-refractivity contribution is -0.128. The molecule has 0 radical (unpaired) electrons. The molecule has 2 aliphatic heterocycles. The quantitative estimate of drug-likeness (QED) is 0.163. The number of hydrogen-bond acceptors (Lipinski definition) is 10. The molecule has 0 aromatic heterocycles. The van der Waals surface area contributed by atoms with E-state index in [1.165, 1.54) is 9.80 Å². The van der Waals surface area contributed by atoms with Crippen LogP contribution >= 0.6 is 0 Å². The van der Waals surface area contributed by atoms with Crippen LogP contribution in [0, 0.1) is 11.8 Å². The summed E-state index contributed by atoms with van der Waals surface area (Å²) in [5, 5.41) is 6.36. The zero-order chi connectivity index (χ0) is 51.1. The molecule has 4 aromatic rings. The molecule has 0 fully saturated rings. The Morgan fingerprint density at radius 1 is 0.514 bits per heavy atom. The number of rotatable bonds is 8. The molecule has 0 saturated heterocycles. The van der Waals surface area contributed by atoms with Crippen LogP contribution in [0.1, 0.15) is 111 Å². The van der Waals surface area contributed by atoms with Crippen molar-refractivity contribution in [2.24, 2.45) is 11.8 Å². The molecule has 0 bridgehead atoms. The first-order valence-electron chi connectivity index (χ1n) is 23.9. The van der Waals surface area contributed by atoms with Gasteiger partial charge in [-0.2, -0.15) is 0 Å². The Morgan fingerprint density at radius 3 is 1.21 bits per heavy atom. The van der Waals surface area contributed by atoms with E-state index in [1.807, 2.05) is 102 Å². The predicted molar refractivity (Wildman–Crippen MR) is 272 cm³/mol. The van der Waals surface area contributed by atoms with Crippen LogP contribution in [0.4, 0.5) is 0 Å². The lowest BCUT2D eigenvalue weighted by Gasteiger charge is -2.33. The van der Waals surface area contributed by atoms with Crippen molar-refractivity contribution in [2.45, 2.75) is 104 Å². The molecule has 2 heterocycles. The molecule has 2 N–H and O–H groups in total. The molecule has 0 unspecified atom stereocenters. The van der Waals surface area contributed by atoms with Crippen LogP contribution < -0.4 is 39.1 Å². The van der Waals surface area contributed by atoms with E-state index >= 15 is 0 Å². The normalized spacial score (nSPS) is 22.5. The van der Waals surface area contributed by atoms with E-state index in [0.717, 1.165) is 11.1 Å². The fourth-order valence-corrected chi connectivity index (χ4v) is 8.80. The fraction of sp³-hybridized carbons (Fsp3) is 0.429. The van der Waals surface area contributed by atoms with Gasteiger partial charge in [0.15, 0.2) is 0 Å². The van der Waals surface area contributed by atoms with E-state index in [9.17, 15) is 19.2 Å². The Balaban J connectivity index is 0.000000261. The lowest BCUT2D eigenvalue weighted by Crippen LogP contribution is -2.51. The van der Waals surface area contributed by atoms with Crippen molar-refractivity contribution in [3.8, 4) is 34.5 Å². The van der Waals surface area contributed by atoms with Gasteiger partial charge in [-0.1, -0.05) is 76.3 Å². The van der Waals surface area contributed by atoms with Crippen molar-refractivity contribution < 1.29 is 47.6 Å².